The summed E-state index contributed by atoms with van der Waals surface area (Å²) in [7, 11) is 0. The minimum atomic E-state index is -0.862. The SMILES string of the molecule is CC(C)C(C(=O)O)c1ccon1. The molecular weight excluding hydrogens is 158 g/mol. The molecule has 1 aromatic rings. The van der Waals surface area contributed by atoms with Crippen molar-refractivity contribution in [3.05, 3.63) is 18.0 Å². The number of hydrogen-bond acceptors (Lipinski definition) is 3. The highest BCUT2D eigenvalue weighted by Crippen LogP contribution is 2.22. The number of rotatable bonds is 3. The second-order valence-corrected chi connectivity index (χ2v) is 2.98. The van der Waals surface area contributed by atoms with Crippen molar-refractivity contribution in [3.63, 3.8) is 0 Å². The Balaban J connectivity index is 2.88. The van der Waals surface area contributed by atoms with Gasteiger partial charge in [0.25, 0.3) is 0 Å². The molecule has 4 nitrogen and oxygen atoms in total. The van der Waals surface area contributed by atoms with Crippen molar-refractivity contribution in [1.29, 1.82) is 0 Å². The molecule has 1 aromatic heterocycles. The fourth-order valence-corrected chi connectivity index (χ4v) is 1.14. The van der Waals surface area contributed by atoms with Gasteiger partial charge in [0.15, 0.2) is 0 Å². The van der Waals surface area contributed by atoms with Crippen molar-refractivity contribution in [2.45, 2.75) is 19.8 Å². The summed E-state index contributed by atoms with van der Waals surface area (Å²) in [5, 5.41) is 12.4. The van der Waals surface area contributed by atoms with Crippen molar-refractivity contribution in [2.75, 3.05) is 0 Å². The average Bonchev–Trinajstić information content (AvgIpc) is 2.37. The van der Waals surface area contributed by atoms with Crippen LogP contribution in [0.4, 0.5) is 0 Å². The summed E-state index contributed by atoms with van der Waals surface area (Å²) in [6, 6.07) is 1.58. The van der Waals surface area contributed by atoms with Gasteiger partial charge in [0.05, 0.1) is 5.69 Å². The molecule has 0 aliphatic rings. The van der Waals surface area contributed by atoms with E-state index in [-0.39, 0.29) is 5.92 Å². The van der Waals surface area contributed by atoms with Crippen LogP contribution in [0, 0.1) is 5.92 Å². The van der Waals surface area contributed by atoms with Gasteiger partial charge in [-0.15, -0.1) is 0 Å². The van der Waals surface area contributed by atoms with Crippen LogP contribution in [0.3, 0.4) is 0 Å². The zero-order valence-electron chi connectivity index (χ0n) is 7.02. The molecule has 4 heteroatoms. The van der Waals surface area contributed by atoms with Crippen molar-refractivity contribution in [3.8, 4) is 0 Å². The first-order chi connectivity index (χ1) is 5.63. The van der Waals surface area contributed by atoms with Crippen LogP contribution in [0.25, 0.3) is 0 Å². The molecule has 0 radical (unpaired) electrons. The van der Waals surface area contributed by atoms with Gasteiger partial charge in [-0.25, -0.2) is 0 Å². The number of hydrogen-bond donors (Lipinski definition) is 1. The van der Waals surface area contributed by atoms with Gasteiger partial charge in [-0.2, -0.15) is 0 Å². The highest BCUT2D eigenvalue weighted by molar-refractivity contribution is 5.75. The average molecular weight is 169 g/mol. The standard InChI is InChI=1S/C8H11NO3/c1-5(2)7(8(10)11)6-3-4-12-9-6/h3-5,7H,1-2H3,(H,10,11). The molecule has 0 fully saturated rings. The molecule has 0 aliphatic heterocycles. The van der Waals surface area contributed by atoms with E-state index >= 15 is 0 Å². The van der Waals surface area contributed by atoms with Crippen LogP contribution in [0.2, 0.25) is 0 Å². The summed E-state index contributed by atoms with van der Waals surface area (Å²) in [4.78, 5) is 10.8. The molecule has 0 amide bonds. The molecular formula is C8H11NO3. The lowest BCUT2D eigenvalue weighted by Crippen LogP contribution is -2.17. The predicted octanol–water partition coefficient (Wildman–Crippen LogP) is 1.50. The van der Waals surface area contributed by atoms with E-state index in [9.17, 15) is 4.79 Å². The van der Waals surface area contributed by atoms with Crippen molar-refractivity contribution in [2.24, 2.45) is 5.92 Å². The molecule has 0 saturated carbocycles. The fraction of sp³-hybridized carbons (Fsp3) is 0.500. The van der Waals surface area contributed by atoms with E-state index in [0.29, 0.717) is 5.69 Å². The number of aromatic nitrogens is 1. The highest BCUT2D eigenvalue weighted by atomic mass is 16.5. The maximum atomic E-state index is 10.8. The van der Waals surface area contributed by atoms with Gasteiger partial charge in [-0.05, 0) is 5.92 Å². The molecule has 12 heavy (non-hydrogen) atoms. The van der Waals surface area contributed by atoms with Gasteiger partial charge >= 0.3 is 5.97 Å². The van der Waals surface area contributed by atoms with Gasteiger partial charge in [-0.1, -0.05) is 19.0 Å². The lowest BCUT2D eigenvalue weighted by atomic mass is 9.93. The Kier molecular flexibility index (Phi) is 2.47. The first-order valence-electron chi connectivity index (χ1n) is 3.76. The van der Waals surface area contributed by atoms with Crippen LogP contribution >= 0.6 is 0 Å². The van der Waals surface area contributed by atoms with Crippen LogP contribution in [0.15, 0.2) is 16.9 Å². The monoisotopic (exact) mass is 169 g/mol. The lowest BCUT2D eigenvalue weighted by molar-refractivity contribution is -0.140. The molecule has 1 rings (SSSR count). The van der Waals surface area contributed by atoms with E-state index in [1.54, 1.807) is 6.07 Å². The zero-order valence-corrected chi connectivity index (χ0v) is 7.02. The number of carbonyl (C=O) groups is 1. The summed E-state index contributed by atoms with van der Waals surface area (Å²) in [6.07, 6.45) is 1.38. The van der Waals surface area contributed by atoms with E-state index in [2.05, 4.69) is 9.68 Å². The molecule has 1 unspecified atom stereocenters. The molecule has 0 saturated heterocycles. The minimum absolute atomic E-state index is 0.0209. The molecule has 0 spiro atoms. The predicted molar refractivity (Wildman–Crippen MR) is 41.7 cm³/mol. The van der Waals surface area contributed by atoms with Crippen LogP contribution in [0.5, 0.6) is 0 Å². The first-order valence-corrected chi connectivity index (χ1v) is 3.76. The van der Waals surface area contributed by atoms with Crippen molar-refractivity contribution in [1.82, 2.24) is 5.16 Å². The third kappa shape index (κ3) is 1.64. The molecule has 1 heterocycles. The first kappa shape index (κ1) is 8.77. The minimum Gasteiger partial charge on any atom is -0.481 e. The number of aliphatic carboxylic acids is 1. The smallest absolute Gasteiger partial charge is 0.312 e. The third-order valence-corrected chi connectivity index (χ3v) is 1.71. The molecule has 0 bridgehead atoms. The largest absolute Gasteiger partial charge is 0.481 e. The normalized spacial score (nSPS) is 13.2. The third-order valence-electron chi connectivity index (χ3n) is 1.71. The Morgan fingerprint density at radius 2 is 2.33 bits per heavy atom. The Morgan fingerprint density at radius 3 is 2.67 bits per heavy atom. The molecule has 0 aliphatic carbocycles. The van der Waals surface area contributed by atoms with Crippen LogP contribution < -0.4 is 0 Å². The van der Waals surface area contributed by atoms with E-state index < -0.39 is 11.9 Å². The Morgan fingerprint density at radius 1 is 1.67 bits per heavy atom. The van der Waals surface area contributed by atoms with Gasteiger partial charge < -0.3 is 9.63 Å². The van der Waals surface area contributed by atoms with Gasteiger partial charge in [-0.3, -0.25) is 4.79 Å². The summed E-state index contributed by atoms with van der Waals surface area (Å²) in [5.74, 6) is -1.41. The number of carboxylic acids is 1. The van der Waals surface area contributed by atoms with E-state index in [0.717, 1.165) is 0 Å². The fourth-order valence-electron chi connectivity index (χ4n) is 1.14. The van der Waals surface area contributed by atoms with Crippen LogP contribution in [0.1, 0.15) is 25.5 Å². The van der Waals surface area contributed by atoms with Crippen LogP contribution in [-0.2, 0) is 4.79 Å². The quantitative estimate of drug-likeness (QED) is 0.744. The Labute approximate surface area is 70.2 Å². The summed E-state index contributed by atoms with van der Waals surface area (Å²) in [6.45, 7) is 3.68. The Hall–Kier alpha value is -1.32. The zero-order chi connectivity index (χ0) is 9.14. The molecule has 1 N–H and O–H groups in total. The summed E-state index contributed by atoms with van der Waals surface area (Å²) >= 11 is 0. The van der Waals surface area contributed by atoms with Crippen molar-refractivity contribution >= 4 is 5.97 Å². The van der Waals surface area contributed by atoms with E-state index in [1.807, 2.05) is 13.8 Å². The molecule has 0 aromatic carbocycles. The second-order valence-electron chi connectivity index (χ2n) is 2.98. The van der Waals surface area contributed by atoms with Gasteiger partial charge in [0.1, 0.15) is 12.2 Å². The van der Waals surface area contributed by atoms with Gasteiger partial charge in [0, 0.05) is 6.07 Å². The van der Waals surface area contributed by atoms with E-state index in [4.69, 9.17) is 5.11 Å². The number of carboxylic acid groups (broad SMARTS) is 1. The topological polar surface area (TPSA) is 63.3 Å². The Bertz CT molecular complexity index is 253. The van der Waals surface area contributed by atoms with Crippen molar-refractivity contribution < 1.29 is 14.4 Å². The molecule has 66 valence electrons. The maximum absolute atomic E-state index is 10.8. The molecule has 1 atom stereocenters. The van der Waals surface area contributed by atoms with Gasteiger partial charge in [0.2, 0.25) is 0 Å². The summed E-state index contributed by atoms with van der Waals surface area (Å²) in [5.41, 5.74) is 0.484. The maximum Gasteiger partial charge on any atom is 0.312 e. The van der Waals surface area contributed by atoms with E-state index in [1.165, 1.54) is 6.26 Å². The number of nitrogens with zero attached hydrogens (tertiary/aromatic N) is 1. The second kappa shape index (κ2) is 3.38. The van der Waals surface area contributed by atoms with Crippen LogP contribution in [-0.4, -0.2) is 16.2 Å². The lowest BCUT2D eigenvalue weighted by Gasteiger charge is -2.11. The summed E-state index contributed by atoms with van der Waals surface area (Å²) < 4.78 is 4.58. The highest BCUT2D eigenvalue weighted by Gasteiger charge is 2.25.